The van der Waals surface area contributed by atoms with Gasteiger partial charge in [0.25, 0.3) is 11.8 Å². The Bertz CT molecular complexity index is 1310. The van der Waals surface area contributed by atoms with E-state index in [1.165, 1.54) is 19.2 Å². The smallest absolute Gasteiger partial charge is 0.270 e. The Labute approximate surface area is 201 Å². The zero-order chi connectivity index (χ0) is 24.9. The van der Waals surface area contributed by atoms with Crippen molar-refractivity contribution < 1.29 is 23.6 Å². The first kappa shape index (κ1) is 23.8. The maximum atomic E-state index is 13.6. The van der Waals surface area contributed by atoms with Gasteiger partial charge in [0.05, 0.1) is 12.8 Å². The standard InChI is InChI=1S/C25H24FN5O4/c1-14-29-19(20-12-22(35-31-20)16-5-4-6-17(10-16)24(32)27-2)11-21(30-14)25(33)28-13-15-7-8-18(26)23(9-15)34-3/h4-11,22H,12-13H2,1-3H3,(H,27,32)(H,28,33). The molecule has 0 bridgehead atoms. The number of nitrogens with zero attached hydrogens (tertiary/aromatic N) is 3. The molecular formula is C25H24FN5O4. The van der Waals surface area contributed by atoms with Gasteiger partial charge in [-0.05, 0) is 48.4 Å². The summed E-state index contributed by atoms with van der Waals surface area (Å²) in [5.74, 6) is -0.561. The summed E-state index contributed by atoms with van der Waals surface area (Å²) in [6.45, 7) is 1.85. The van der Waals surface area contributed by atoms with E-state index >= 15 is 0 Å². The summed E-state index contributed by atoms with van der Waals surface area (Å²) < 4.78 is 18.6. The highest BCUT2D eigenvalue weighted by Crippen LogP contribution is 2.29. The summed E-state index contributed by atoms with van der Waals surface area (Å²) in [7, 11) is 2.95. The van der Waals surface area contributed by atoms with Crippen molar-refractivity contribution in [3.05, 3.63) is 88.3 Å². The first-order chi connectivity index (χ1) is 16.9. The summed E-state index contributed by atoms with van der Waals surface area (Å²) in [4.78, 5) is 38.9. The van der Waals surface area contributed by atoms with Crippen molar-refractivity contribution in [1.82, 2.24) is 20.6 Å². The number of methoxy groups -OCH3 is 1. The Kier molecular flexibility index (Phi) is 7.00. The Balaban J connectivity index is 1.46. The molecule has 9 nitrogen and oxygen atoms in total. The molecule has 2 aromatic carbocycles. The molecule has 4 rings (SSSR count). The van der Waals surface area contributed by atoms with Crippen LogP contribution in [0, 0.1) is 12.7 Å². The third-order valence-corrected chi connectivity index (χ3v) is 5.45. The highest BCUT2D eigenvalue weighted by atomic mass is 19.1. The van der Waals surface area contributed by atoms with Crippen LogP contribution >= 0.6 is 0 Å². The van der Waals surface area contributed by atoms with Gasteiger partial charge >= 0.3 is 0 Å². The van der Waals surface area contributed by atoms with Crippen molar-refractivity contribution in [1.29, 1.82) is 0 Å². The van der Waals surface area contributed by atoms with Gasteiger partial charge in [0.2, 0.25) is 0 Å². The van der Waals surface area contributed by atoms with Crippen molar-refractivity contribution in [2.24, 2.45) is 5.16 Å². The predicted octanol–water partition coefficient (Wildman–Crippen LogP) is 3.09. The van der Waals surface area contributed by atoms with E-state index in [0.717, 1.165) is 5.56 Å². The fraction of sp³-hybridized carbons (Fsp3) is 0.240. The van der Waals surface area contributed by atoms with Crippen molar-refractivity contribution in [2.45, 2.75) is 26.0 Å². The number of oxime groups is 1. The van der Waals surface area contributed by atoms with Crippen LogP contribution in [-0.2, 0) is 11.4 Å². The molecule has 0 saturated carbocycles. The number of ether oxygens (including phenoxy) is 1. The molecule has 2 heterocycles. The minimum Gasteiger partial charge on any atom is -0.494 e. The Morgan fingerprint density at radius 1 is 1.14 bits per heavy atom. The van der Waals surface area contributed by atoms with Gasteiger partial charge in [-0.2, -0.15) is 0 Å². The topological polar surface area (TPSA) is 115 Å². The van der Waals surface area contributed by atoms with Crippen LogP contribution in [0.15, 0.2) is 53.7 Å². The first-order valence-electron chi connectivity index (χ1n) is 10.9. The normalized spacial score (nSPS) is 14.6. The molecule has 0 aliphatic carbocycles. The van der Waals surface area contributed by atoms with Crippen LogP contribution in [0.1, 0.15) is 56.0 Å². The van der Waals surface area contributed by atoms with E-state index < -0.39 is 11.7 Å². The number of aryl methyl sites for hydroxylation is 1. The molecule has 1 atom stereocenters. The second-order valence-corrected chi connectivity index (χ2v) is 7.88. The molecule has 0 saturated heterocycles. The Hall–Kier alpha value is -4.34. The van der Waals surface area contributed by atoms with Crippen LogP contribution in [-0.4, -0.2) is 41.7 Å². The second-order valence-electron chi connectivity index (χ2n) is 7.88. The lowest BCUT2D eigenvalue weighted by atomic mass is 10.0. The number of benzene rings is 2. The molecule has 0 spiro atoms. The van der Waals surface area contributed by atoms with Gasteiger partial charge in [0, 0.05) is 25.6 Å². The van der Waals surface area contributed by atoms with Crippen molar-refractivity contribution in [3.8, 4) is 5.75 Å². The Morgan fingerprint density at radius 3 is 2.74 bits per heavy atom. The number of amides is 2. The lowest BCUT2D eigenvalue weighted by Gasteiger charge is -2.10. The number of halogens is 1. The van der Waals surface area contributed by atoms with E-state index in [2.05, 4.69) is 25.8 Å². The van der Waals surface area contributed by atoms with Gasteiger partial charge in [-0.15, -0.1) is 0 Å². The molecule has 0 fully saturated rings. The molecule has 1 aliphatic heterocycles. The average Bonchev–Trinajstić information content (AvgIpc) is 3.38. The predicted molar refractivity (Wildman–Crippen MR) is 126 cm³/mol. The van der Waals surface area contributed by atoms with E-state index in [4.69, 9.17) is 9.57 Å². The molecule has 2 amide bonds. The largest absolute Gasteiger partial charge is 0.494 e. The van der Waals surface area contributed by atoms with E-state index in [1.54, 1.807) is 44.3 Å². The highest BCUT2D eigenvalue weighted by molar-refractivity contribution is 6.02. The lowest BCUT2D eigenvalue weighted by Crippen LogP contribution is -2.25. The van der Waals surface area contributed by atoms with Crippen LogP contribution in [0.25, 0.3) is 0 Å². The Morgan fingerprint density at radius 2 is 1.97 bits per heavy atom. The number of aromatic nitrogens is 2. The minimum absolute atomic E-state index is 0.103. The quantitative estimate of drug-likeness (QED) is 0.541. The average molecular weight is 477 g/mol. The van der Waals surface area contributed by atoms with Gasteiger partial charge in [-0.3, -0.25) is 9.59 Å². The number of hydrogen-bond donors (Lipinski definition) is 2. The number of rotatable bonds is 7. The summed E-state index contributed by atoms with van der Waals surface area (Å²) in [6, 6.07) is 13.1. The maximum absolute atomic E-state index is 13.6. The van der Waals surface area contributed by atoms with Gasteiger partial charge in [-0.25, -0.2) is 14.4 Å². The van der Waals surface area contributed by atoms with Gasteiger partial charge in [-0.1, -0.05) is 23.4 Å². The van der Waals surface area contributed by atoms with E-state index in [1.807, 2.05) is 6.07 Å². The molecule has 180 valence electrons. The molecule has 35 heavy (non-hydrogen) atoms. The number of carbonyl (C=O) groups is 2. The molecular weight excluding hydrogens is 453 g/mol. The fourth-order valence-electron chi connectivity index (χ4n) is 3.65. The summed E-state index contributed by atoms with van der Waals surface area (Å²) >= 11 is 0. The SMILES string of the molecule is CNC(=O)c1cccc(C2CC(c3cc(C(=O)NCc4ccc(F)c(OC)c4)nc(C)n3)=NO2)c1. The molecule has 1 unspecified atom stereocenters. The van der Waals surface area contributed by atoms with Gasteiger partial charge in [0.1, 0.15) is 17.2 Å². The number of nitrogens with one attached hydrogen (secondary N) is 2. The fourth-order valence-corrected chi connectivity index (χ4v) is 3.65. The van der Waals surface area contributed by atoms with Crippen LogP contribution in [0.2, 0.25) is 0 Å². The third-order valence-electron chi connectivity index (χ3n) is 5.45. The summed E-state index contributed by atoms with van der Waals surface area (Å²) in [6.07, 6.45) is 0.0417. The zero-order valence-corrected chi connectivity index (χ0v) is 19.5. The molecule has 2 N–H and O–H groups in total. The van der Waals surface area contributed by atoms with Crippen LogP contribution in [0.3, 0.4) is 0 Å². The minimum atomic E-state index is -0.475. The monoisotopic (exact) mass is 477 g/mol. The van der Waals surface area contributed by atoms with Crippen molar-refractivity contribution in [3.63, 3.8) is 0 Å². The van der Waals surface area contributed by atoms with Crippen molar-refractivity contribution in [2.75, 3.05) is 14.2 Å². The molecule has 1 aliphatic rings. The van der Waals surface area contributed by atoms with Gasteiger partial charge in [0.15, 0.2) is 17.7 Å². The lowest BCUT2D eigenvalue weighted by molar-refractivity contribution is 0.0854. The van der Waals surface area contributed by atoms with Crippen molar-refractivity contribution >= 4 is 17.5 Å². The number of hydrogen-bond acceptors (Lipinski definition) is 7. The molecule has 1 aromatic heterocycles. The number of carbonyl (C=O) groups excluding carboxylic acids is 2. The van der Waals surface area contributed by atoms with Crippen LogP contribution < -0.4 is 15.4 Å². The third kappa shape index (κ3) is 5.43. The second kappa shape index (κ2) is 10.3. The van der Waals surface area contributed by atoms with Gasteiger partial charge < -0.3 is 20.2 Å². The van der Waals surface area contributed by atoms with E-state index in [9.17, 15) is 14.0 Å². The van der Waals surface area contributed by atoms with E-state index in [-0.39, 0.29) is 30.0 Å². The summed E-state index contributed by atoms with van der Waals surface area (Å²) in [5.41, 5.74) is 3.24. The zero-order valence-electron chi connectivity index (χ0n) is 19.5. The maximum Gasteiger partial charge on any atom is 0.270 e. The van der Waals surface area contributed by atoms with Crippen LogP contribution in [0.5, 0.6) is 5.75 Å². The highest BCUT2D eigenvalue weighted by Gasteiger charge is 2.26. The molecule has 0 radical (unpaired) electrons. The molecule has 3 aromatic rings. The molecule has 10 heteroatoms. The van der Waals surface area contributed by atoms with E-state index in [0.29, 0.717) is 34.8 Å². The summed E-state index contributed by atoms with van der Waals surface area (Å²) in [5, 5.41) is 9.54. The van der Waals surface area contributed by atoms with Crippen LogP contribution in [0.4, 0.5) is 4.39 Å². The first-order valence-corrected chi connectivity index (χ1v) is 10.9.